The lowest BCUT2D eigenvalue weighted by molar-refractivity contribution is 0.0777. The molecule has 0 spiro atoms. The SMILES string of the molecule is COc1ccc(CN2CCN(CC(C)O)CC2)c(OC)c1OC.Cl.Cl. The Hall–Kier alpha value is -0.920. The highest BCUT2D eigenvalue weighted by molar-refractivity contribution is 5.85. The summed E-state index contributed by atoms with van der Waals surface area (Å²) in [6.45, 7) is 7.29. The fourth-order valence-electron chi connectivity index (χ4n) is 3.03. The lowest BCUT2D eigenvalue weighted by Crippen LogP contribution is -2.47. The first-order chi connectivity index (χ1) is 11.1. The summed E-state index contributed by atoms with van der Waals surface area (Å²) in [5, 5.41) is 9.48. The van der Waals surface area contributed by atoms with Crippen LogP contribution in [0.1, 0.15) is 12.5 Å². The fourth-order valence-corrected chi connectivity index (χ4v) is 3.03. The average Bonchev–Trinajstić information content (AvgIpc) is 2.55. The van der Waals surface area contributed by atoms with Crippen LogP contribution in [0.25, 0.3) is 0 Å². The quantitative estimate of drug-likeness (QED) is 0.760. The molecule has 0 aliphatic carbocycles. The highest BCUT2D eigenvalue weighted by Crippen LogP contribution is 2.40. The first kappa shape index (κ1) is 24.1. The number of benzene rings is 1. The van der Waals surface area contributed by atoms with Crippen LogP contribution in [0.5, 0.6) is 17.2 Å². The number of rotatable bonds is 7. The number of piperazine rings is 1. The molecule has 0 amide bonds. The topological polar surface area (TPSA) is 54.4 Å². The highest BCUT2D eigenvalue weighted by atomic mass is 35.5. The Bertz CT molecular complexity index is 510. The van der Waals surface area contributed by atoms with Gasteiger partial charge in [-0.15, -0.1) is 24.8 Å². The van der Waals surface area contributed by atoms with Gasteiger partial charge in [0.2, 0.25) is 5.75 Å². The van der Waals surface area contributed by atoms with Crippen LogP contribution in [0, 0.1) is 0 Å². The maximum absolute atomic E-state index is 9.48. The van der Waals surface area contributed by atoms with E-state index >= 15 is 0 Å². The molecule has 1 fully saturated rings. The van der Waals surface area contributed by atoms with E-state index in [1.165, 1.54) is 0 Å². The van der Waals surface area contributed by atoms with E-state index in [0.29, 0.717) is 11.5 Å². The van der Waals surface area contributed by atoms with Crippen molar-refractivity contribution in [3.63, 3.8) is 0 Å². The van der Waals surface area contributed by atoms with Crippen molar-refractivity contribution in [2.75, 3.05) is 54.1 Å². The van der Waals surface area contributed by atoms with Gasteiger partial charge in [-0.25, -0.2) is 0 Å². The number of ether oxygens (including phenoxy) is 3. The molecule has 0 saturated carbocycles. The van der Waals surface area contributed by atoms with Gasteiger partial charge in [-0.1, -0.05) is 6.07 Å². The second-order valence-corrected chi connectivity index (χ2v) is 5.92. The van der Waals surface area contributed by atoms with Gasteiger partial charge in [-0.3, -0.25) is 9.80 Å². The second-order valence-electron chi connectivity index (χ2n) is 5.92. The fraction of sp³-hybridized carbons (Fsp3) is 0.647. The van der Waals surface area contributed by atoms with E-state index in [9.17, 15) is 5.11 Å². The summed E-state index contributed by atoms with van der Waals surface area (Å²) >= 11 is 0. The molecule has 1 saturated heterocycles. The molecule has 1 aromatic carbocycles. The number of hydrogen-bond donors (Lipinski definition) is 1. The van der Waals surface area contributed by atoms with Gasteiger partial charge in [-0.2, -0.15) is 0 Å². The van der Waals surface area contributed by atoms with Crippen molar-refractivity contribution in [2.45, 2.75) is 19.6 Å². The van der Waals surface area contributed by atoms with Crippen molar-refractivity contribution in [1.82, 2.24) is 9.80 Å². The van der Waals surface area contributed by atoms with E-state index < -0.39 is 0 Å². The third-order valence-corrected chi connectivity index (χ3v) is 4.17. The highest BCUT2D eigenvalue weighted by Gasteiger charge is 2.21. The van der Waals surface area contributed by atoms with Crippen LogP contribution in [0.15, 0.2) is 12.1 Å². The molecule has 0 aromatic heterocycles. The third-order valence-electron chi connectivity index (χ3n) is 4.17. The van der Waals surface area contributed by atoms with Crippen LogP contribution in [-0.4, -0.2) is 75.1 Å². The molecule has 1 heterocycles. The molecule has 8 heteroatoms. The van der Waals surface area contributed by atoms with E-state index in [1.54, 1.807) is 21.3 Å². The minimum atomic E-state index is -0.271. The Kier molecular flexibility index (Phi) is 11.2. The van der Waals surface area contributed by atoms with Crippen molar-refractivity contribution in [3.8, 4) is 17.2 Å². The van der Waals surface area contributed by atoms with Gasteiger partial charge in [-0.05, 0) is 13.0 Å². The molecule has 2 rings (SSSR count). The summed E-state index contributed by atoms with van der Waals surface area (Å²) in [7, 11) is 4.90. The van der Waals surface area contributed by atoms with Crippen molar-refractivity contribution in [3.05, 3.63) is 17.7 Å². The molecule has 1 atom stereocenters. The molecule has 1 N–H and O–H groups in total. The van der Waals surface area contributed by atoms with Crippen LogP contribution in [0.4, 0.5) is 0 Å². The van der Waals surface area contributed by atoms with E-state index in [4.69, 9.17) is 14.2 Å². The van der Waals surface area contributed by atoms with Crippen LogP contribution in [0.2, 0.25) is 0 Å². The number of hydrogen-bond acceptors (Lipinski definition) is 6. The van der Waals surface area contributed by atoms with Crippen molar-refractivity contribution in [1.29, 1.82) is 0 Å². The summed E-state index contributed by atoms with van der Waals surface area (Å²) in [5.41, 5.74) is 1.09. The minimum absolute atomic E-state index is 0. The van der Waals surface area contributed by atoms with Gasteiger partial charge in [0.25, 0.3) is 0 Å². The monoisotopic (exact) mass is 396 g/mol. The minimum Gasteiger partial charge on any atom is -0.493 e. The summed E-state index contributed by atoms with van der Waals surface area (Å²) in [6, 6.07) is 3.95. The molecule has 25 heavy (non-hydrogen) atoms. The number of methoxy groups -OCH3 is 3. The lowest BCUT2D eigenvalue weighted by Gasteiger charge is -2.35. The summed E-state index contributed by atoms with van der Waals surface area (Å²) in [5.74, 6) is 2.05. The Morgan fingerprint density at radius 2 is 1.48 bits per heavy atom. The van der Waals surface area contributed by atoms with Gasteiger partial charge >= 0.3 is 0 Å². The third kappa shape index (κ3) is 6.38. The summed E-state index contributed by atoms with van der Waals surface area (Å²) in [6.07, 6.45) is -0.271. The molecule has 0 bridgehead atoms. The maximum Gasteiger partial charge on any atom is 0.203 e. The zero-order valence-electron chi connectivity index (χ0n) is 15.4. The molecule has 1 unspecified atom stereocenters. The van der Waals surface area contributed by atoms with Crippen LogP contribution < -0.4 is 14.2 Å². The van der Waals surface area contributed by atoms with Crippen molar-refractivity contribution < 1.29 is 19.3 Å². The van der Waals surface area contributed by atoms with Crippen molar-refractivity contribution in [2.24, 2.45) is 0 Å². The number of nitrogens with zero attached hydrogens (tertiary/aromatic N) is 2. The zero-order valence-corrected chi connectivity index (χ0v) is 17.0. The number of aliphatic hydroxyl groups excluding tert-OH is 1. The molecular weight excluding hydrogens is 367 g/mol. The van der Waals surface area contributed by atoms with Gasteiger partial charge in [0, 0.05) is 44.8 Å². The van der Waals surface area contributed by atoms with E-state index in [1.807, 2.05) is 19.1 Å². The Labute approximate surface area is 162 Å². The molecule has 0 radical (unpaired) electrons. The standard InChI is InChI=1S/C17H28N2O4.2ClH/c1-13(20)11-18-7-9-19(10-8-18)12-14-5-6-15(21-2)17(23-4)16(14)22-3;;/h5-6,13,20H,7-12H2,1-4H3;2*1H. The maximum atomic E-state index is 9.48. The smallest absolute Gasteiger partial charge is 0.203 e. The summed E-state index contributed by atoms with van der Waals surface area (Å²) in [4.78, 5) is 4.69. The van der Waals surface area contributed by atoms with Gasteiger partial charge in [0.05, 0.1) is 27.4 Å². The van der Waals surface area contributed by atoms with Crippen molar-refractivity contribution >= 4 is 24.8 Å². The first-order valence-electron chi connectivity index (χ1n) is 7.99. The molecular formula is C17H30Cl2N2O4. The zero-order chi connectivity index (χ0) is 16.8. The second kappa shape index (κ2) is 11.6. The predicted molar refractivity (Wildman–Crippen MR) is 104 cm³/mol. The molecule has 146 valence electrons. The molecule has 1 aliphatic rings. The van der Waals surface area contributed by atoms with Crippen LogP contribution in [0.3, 0.4) is 0 Å². The van der Waals surface area contributed by atoms with Gasteiger partial charge in [0.1, 0.15) is 0 Å². The van der Waals surface area contributed by atoms with Crippen LogP contribution in [-0.2, 0) is 6.54 Å². The summed E-state index contributed by atoms with van der Waals surface area (Å²) < 4.78 is 16.3. The Balaban J connectivity index is 0.00000288. The lowest BCUT2D eigenvalue weighted by atomic mass is 10.1. The Morgan fingerprint density at radius 1 is 0.920 bits per heavy atom. The molecule has 6 nitrogen and oxygen atoms in total. The van der Waals surface area contributed by atoms with E-state index in [-0.39, 0.29) is 30.9 Å². The normalized spacial score (nSPS) is 16.4. The van der Waals surface area contributed by atoms with E-state index in [0.717, 1.165) is 50.6 Å². The first-order valence-corrected chi connectivity index (χ1v) is 7.99. The number of β-amino-alcohol motifs (C(OH)–C–C–N with tert-alkyl or cyclic N) is 1. The largest absolute Gasteiger partial charge is 0.493 e. The average molecular weight is 397 g/mol. The van der Waals surface area contributed by atoms with Crippen LogP contribution >= 0.6 is 24.8 Å². The number of halogens is 2. The Morgan fingerprint density at radius 3 is 1.96 bits per heavy atom. The molecule has 1 aliphatic heterocycles. The van der Waals surface area contributed by atoms with E-state index in [2.05, 4.69) is 9.80 Å². The predicted octanol–water partition coefficient (Wildman–Crippen LogP) is 2.05. The number of aliphatic hydroxyl groups is 1. The molecule has 1 aromatic rings. The van der Waals surface area contributed by atoms with Gasteiger partial charge < -0.3 is 19.3 Å². The van der Waals surface area contributed by atoms with Gasteiger partial charge in [0.15, 0.2) is 11.5 Å².